The molecule has 2 aromatic carbocycles. The van der Waals surface area contributed by atoms with E-state index in [2.05, 4.69) is 15.9 Å². The van der Waals surface area contributed by atoms with Crippen molar-refractivity contribution < 1.29 is 14.6 Å². The number of hydrogen-bond acceptors (Lipinski definition) is 3. The summed E-state index contributed by atoms with van der Waals surface area (Å²) < 4.78 is 1.58. The van der Waals surface area contributed by atoms with Crippen molar-refractivity contribution in [2.75, 3.05) is 0 Å². The lowest BCUT2D eigenvalue weighted by molar-refractivity contribution is -0.591. The van der Waals surface area contributed by atoms with Crippen LogP contribution >= 0.6 is 15.9 Å². The molecule has 0 aliphatic rings. The van der Waals surface area contributed by atoms with Crippen LogP contribution in [0.3, 0.4) is 0 Å². The fourth-order valence-electron chi connectivity index (χ4n) is 1.97. The molecule has 6 heteroatoms. The van der Waals surface area contributed by atoms with Crippen molar-refractivity contribution in [3.63, 3.8) is 0 Å². The topological polar surface area (TPSA) is 74.1 Å². The number of aromatic nitrogens is 2. The molecular weight excluding hydrogens is 300 g/mol. The Bertz CT molecular complexity index is 789. The molecule has 3 aromatic rings. The fraction of sp³-hybridized carbons (Fsp3) is 0. The average Bonchev–Trinajstić information content (AvgIpc) is 2.39. The Morgan fingerprint density at radius 1 is 0.889 bits per heavy atom. The van der Waals surface area contributed by atoms with Gasteiger partial charge in [0.2, 0.25) is 5.75 Å². The molecule has 0 bridgehead atoms. The molecule has 90 valence electrons. The second kappa shape index (κ2) is 3.71. The number of rotatable bonds is 0. The Labute approximate surface area is 110 Å². The number of aromatic hydroxyl groups is 1. The van der Waals surface area contributed by atoms with E-state index in [0.29, 0.717) is 13.9 Å². The van der Waals surface area contributed by atoms with E-state index in [4.69, 9.17) is 0 Å². The number of nitrogens with zero attached hydrogens (tertiary/aromatic N) is 2. The number of hydrogen-bond donors (Lipinski definition) is 1. The molecule has 0 atom stereocenters. The monoisotopic (exact) mass is 306 g/mol. The molecule has 1 N–H and O–H groups in total. The predicted octanol–water partition coefficient (Wildman–Crippen LogP) is 1.73. The highest BCUT2D eigenvalue weighted by Gasteiger charge is 2.25. The van der Waals surface area contributed by atoms with Gasteiger partial charge in [-0.15, -0.1) is 0 Å². The maximum Gasteiger partial charge on any atom is 0.333 e. The van der Waals surface area contributed by atoms with Gasteiger partial charge in [0.05, 0.1) is 4.47 Å². The first-order valence-corrected chi connectivity index (χ1v) is 5.95. The summed E-state index contributed by atoms with van der Waals surface area (Å²) in [6.07, 6.45) is 0. The zero-order valence-electron chi connectivity index (χ0n) is 9.00. The molecule has 0 spiro atoms. The molecule has 0 unspecified atom stereocenters. The van der Waals surface area contributed by atoms with Crippen molar-refractivity contribution in [2.45, 2.75) is 0 Å². The fourth-order valence-corrected chi connectivity index (χ4v) is 2.29. The standard InChI is InChI=1S/C12H7BrN2O3/c13-7-5-6-10-11(12(7)16)15(18)9-4-2-1-3-8(9)14(10)17/h1-6,16H. The lowest BCUT2D eigenvalue weighted by Crippen LogP contribution is -2.39. The zero-order chi connectivity index (χ0) is 12.9. The third kappa shape index (κ3) is 1.32. The van der Waals surface area contributed by atoms with Gasteiger partial charge >= 0.3 is 5.52 Å². The van der Waals surface area contributed by atoms with Crippen molar-refractivity contribution in [1.29, 1.82) is 0 Å². The summed E-state index contributed by atoms with van der Waals surface area (Å²) in [5.74, 6) is -0.238. The number of benzene rings is 2. The minimum atomic E-state index is -0.238. The average molecular weight is 307 g/mol. The number of para-hydroxylation sites is 2. The highest BCUT2D eigenvalue weighted by Crippen LogP contribution is 2.29. The molecule has 18 heavy (non-hydrogen) atoms. The van der Waals surface area contributed by atoms with Crippen LogP contribution < -0.4 is 9.46 Å². The van der Waals surface area contributed by atoms with E-state index in [1.54, 1.807) is 18.2 Å². The molecule has 0 fully saturated rings. The summed E-state index contributed by atoms with van der Waals surface area (Å²) in [5, 5.41) is 34.2. The smallest absolute Gasteiger partial charge is 0.333 e. The Morgan fingerprint density at radius 2 is 1.50 bits per heavy atom. The first-order chi connectivity index (χ1) is 8.61. The normalized spacial score (nSPS) is 11.2. The molecule has 0 aliphatic carbocycles. The largest absolute Gasteiger partial charge is 0.617 e. The van der Waals surface area contributed by atoms with Gasteiger partial charge in [0.15, 0.2) is 0 Å². The molecule has 5 nitrogen and oxygen atoms in total. The van der Waals surface area contributed by atoms with Gasteiger partial charge in [-0.2, -0.15) is 9.46 Å². The second-order valence-electron chi connectivity index (χ2n) is 3.84. The summed E-state index contributed by atoms with van der Waals surface area (Å²) in [5.41, 5.74) is 0.567. The minimum Gasteiger partial charge on any atom is -0.617 e. The SMILES string of the molecule is [O-][n+]1c2ccccc2[n+]([O-])c2c(O)c(Br)ccc21. The van der Waals surface area contributed by atoms with Crippen LogP contribution in [0, 0.1) is 10.4 Å². The molecule has 1 aromatic heterocycles. The molecule has 0 radical (unpaired) electrons. The van der Waals surface area contributed by atoms with Crippen LogP contribution in [0.2, 0.25) is 0 Å². The van der Waals surface area contributed by atoms with Gasteiger partial charge in [-0.1, -0.05) is 12.1 Å². The van der Waals surface area contributed by atoms with Gasteiger partial charge in [0.25, 0.3) is 16.6 Å². The number of fused-ring (bicyclic) bond motifs is 2. The van der Waals surface area contributed by atoms with E-state index in [1.165, 1.54) is 18.2 Å². The lowest BCUT2D eigenvalue weighted by Gasteiger charge is -2.08. The Kier molecular flexibility index (Phi) is 2.27. The van der Waals surface area contributed by atoms with E-state index in [-0.39, 0.29) is 27.8 Å². The van der Waals surface area contributed by atoms with Crippen LogP contribution in [0.15, 0.2) is 40.9 Å². The quantitative estimate of drug-likeness (QED) is 0.390. The van der Waals surface area contributed by atoms with Crippen LogP contribution in [0.25, 0.3) is 22.1 Å². The van der Waals surface area contributed by atoms with Crippen LogP contribution in [-0.2, 0) is 0 Å². The summed E-state index contributed by atoms with van der Waals surface area (Å²) in [6, 6.07) is 9.47. The van der Waals surface area contributed by atoms with Crippen LogP contribution in [-0.4, -0.2) is 5.11 Å². The third-order valence-electron chi connectivity index (χ3n) is 2.82. The Hall–Kier alpha value is -2.08. The van der Waals surface area contributed by atoms with Gasteiger partial charge in [-0.25, -0.2) is 0 Å². The Morgan fingerprint density at radius 3 is 2.17 bits per heavy atom. The van der Waals surface area contributed by atoms with E-state index < -0.39 is 0 Å². The van der Waals surface area contributed by atoms with Gasteiger partial charge in [0, 0.05) is 18.2 Å². The molecule has 0 aliphatic heterocycles. The zero-order valence-corrected chi connectivity index (χ0v) is 10.6. The first-order valence-electron chi connectivity index (χ1n) is 5.16. The first kappa shape index (κ1) is 11.0. The van der Waals surface area contributed by atoms with E-state index in [0.717, 1.165) is 0 Å². The highest BCUT2D eigenvalue weighted by molar-refractivity contribution is 9.10. The van der Waals surface area contributed by atoms with E-state index in [1.807, 2.05) is 0 Å². The number of phenolic OH excluding ortho intramolecular Hbond substituents is 1. The summed E-state index contributed by atoms with van der Waals surface area (Å²) in [4.78, 5) is 0. The van der Waals surface area contributed by atoms with Crippen molar-refractivity contribution in [2.24, 2.45) is 0 Å². The molecule has 0 saturated heterocycles. The number of halogens is 1. The van der Waals surface area contributed by atoms with Gasteiger partial charge in [-0.05, 0) is 22.0 Å². The highest BCUT2D eigenvalue weighted by atomic mass is 79.9. The maximum atomic E-state index is 12.2. The molecule has 3 rings (SSSR count). The van der Waals surface area contributed by atoms with Crippen LogP contribution in [0.1, 0.15) is 0 Å². The van der Waals surface area contributed by atoms with Gasteiger partial charge in [0.1, 0.15) is 0 Å². The summed E-state index contributed by atoms with van der Waals surface area (Å²) in [7, 11) is 0. The maximum absolute atomic E-state index is 12.2. The summed E-state index contributed by atoms with van der Waals surface area (Å²) in [6.45, 7) is 0. The van der Waals surface area contributed by atoms with E-state index >= 15 is 0 Å². The second-order valence-corrected chi connectivity index (χ2v) is 4.70. The molecule has 0 saturated carbocycles. The van der Waals surface area contributed by atoms with Crippen LogP contribution in [0.4, 0.5) is 0 Å². The minimum absolute atomic E-state index is 0.0434. The molecule has 0 amide bonds. The van der Waals surface area contributed by atoms with Crippen LogP contribution in [0.5, 0.6) is 5.75 Å². The number of phenols is 1. The predicted molar refractivity (Wildman–Crippen MR) is 68.7 cm³/mol. The Balaban J connectivity index is 2.67. The van der Waals surface area contributed by atoms with Gasteiger partial charge < -0.3 is 15.5 Å². The van der Waals surface area contributed by atoms with Crippen molar-refractivity contribution in [1.82, 2.24) is 0 Å². The molecule has 1 heterocycles. The molecular formula is C12H7BrN2O3. The third-order valence-corrected chi connectivity index (χ3v) is 3.46. The van der Waals surface area contributed by atoms with E-state index in [9.17, 15) is 15.5 Å². The van der Waals surface area contributed by atoms with Crippen molar-refractivity contribution in [3.05, 3.63) is 51.3 Å². The summed E-state index contributed by atoms with van der Waals surface area (Å²) >= 11 is 3.13. The van der Waals surface area contributed by atoms with Crippen molar-refractivity contribution >= 4 is 38.0 Å². The van der Waals surface area contributed by atoms with Gasteiger partial charge in [-0.3, -0.25) is 0 Å². The lowest BCUT2D eigenvalue weighted by atomic mass is 10.2. The van der Waals surface area contributed by atoms with Crippen molar-refractivity contribution in [3.8, 4) is 5.75 Å².